The van der Waals surface area contributed by atoms with Crippen molar-refractivity contribution in [1.29, 1.82) is 0 Å². The molecular weight excluding hydrogens is 234 g/mol. The molecule has 0 bridgehead atoms. The SMILES string of the molecule is CNc1cc(CN(C)CC(C)O)ccc1[N+](=O)[O-]. The van der Waals surface area contributed by atoms with Gasteiger partial charge in [-0.1, -0.05) is 6.07 Å². The normalized spacial score (nSPS) is 12.5. The minimum absolute atomic E-state index is 0.0689. The summed E-state index contributed by atoms with van der Waals surface area (Å²) in [5, 5.41) is 22.9. The molecule has 0 aliphatic rings. The maximum atomic E-state index is 10.8. The number of nitrogens with one attached hydrogen (secondary N) is 1. The van der Waals surface area contributed by atoms with Crippen LogP contribution >= 0.6 is 0 Å². The van der Waals surface area contributed by atoms with Crippen molar-refractivity contribution in [1.82, 2.24) is 4.90 Å². The predicted octanol–water partition coefficient (Wildman–Crippen LogP) is 1.45. The number of nitro groups is 1. The van der Waals surface area contributed by atoms with Crippen molar-refractivity contribution in [3.63, 3.8) is 0 Å². The first-order chi connectivity index (χ1) is 8.43. The zero-order valence-electron chi connectivity index (χ0n) is 10.9. The number of aliphatic hydroxyl groups is 1. The third kappa shape index (κ3) is 3.97. The number of aliphatic hydroxyl groups excluding tert-OH is 1. The molecule has 1 rings (SSSR count). The molecule has 6 heteroatoms. The second kappa shape index (κ2) is 6.32. The molecule has 1 unspecified atom stereocenters. The number of rotatable bonds is 6. The molecule has 0 heterocycles. The smallest absolute Gasteiger partial charge is 0.292 e. The van der Waals surface area contributed by atoms with E-state index in [2.05, 4.69) is 5.32 Å². The quantitative estimate of drug-likeness (QED) is 0.592. The Morgan fingerprint density at radius 1 is 1.56 bits per heavy atom. The van der Waals surface area contributed by atoms with E-state index in [1.165, 1.54) is 6.07 Å². The highest BCUT2D eigenvalue weighted by atomic mass is 16.6. The zero-order chi connectivity index (χ0) is 13.7. The number of nitrogens with zero attached hydrogens (tertiary/aromatic N) is 2. The highest BCUT2D eigenvalue weighted by Gasteiger charge is 2.13. The molecule has 0 aliphatic heterocycles. The van der Waals surface area contributed by atoms with E-state index < -0.39 is 11.0 Å². The Balaban J connectivity index is 2.82. The molecule has 0 radical (unpaired) electrons. The summed E-state index contributed by atoms with van der Waals surface area (Å²) < 4.78 is 0. The first kappa shape index (κ1) is 14.4. The largest absolute Gasteiger partial charge is 0.392 e. The third-order valence-corrected chi connectivity index (χ3v) is 2.56. The van der Waals surface area contributed by atoms with Gasteiger partial charge < -0.3 is 10.4 Å². The first-order valence-electron chi connectivity index (χ1n) is 5.75. The van der Waals surface area contributed by atoms with Gasteiger partial charge in [0.25, 0.3) is 5.69 Å². The lowest BCUT2D eigenvalue weighted by Gasteiger charge is -2.18. The molecule has 0 aliphatic carbocycles. The Labute approximate surface area is 106 Å². The summed E-state index contributed by atoms with van der Waals surface area (Å²) in [6.45, 7) is 2.93. The van der Waals surface area contributed by atoms with Crippen molar-refractivity contribution < 1.29 is 10.0 Å². The third-order valence-electron chi connectivity index (χ3n) is 2.56. The second-order valence-electron chi connectivity index (χ2n) is 4.40. The van der Waals surface area contributed by atoms with Gasteiger partial charge in [-0.2, -0.15) is 0 Å². The van der Waals surface area contributed by atoms with Crippen LogP contribution in [0.25, 0.3) is 0 Å². The Hall–Kier alpha value is -1.66. The number of likely N-dealkylation sites (N-methyl/N-ethyl adjacent to an activating group) is 1. The van der Waals surface area contributed by atoms with Crippen LogP contribution < -0.4 is 5.32 Å². The molecule has 0 saturated heterocycles. The molecule has 100 valence electrons. The van der Waals surface area contributed by atoms with Crippen LogP contribution in [0.15, 0.2) is 18.2 Å². The summed E-state index contributed by atoms with van der Waals surface area (Å²) in [7, 11) is 3.55. The molecule has 2 N–H and O–H groups in total. The molecule has 0 aromatic heterocycles. The van der Waals surface area contributed by atoms with E-state index in [0.29, 0.717) is 18.8 Å². The summed E-state index contributed by atoms with van der Waals surface area (Å²) in [6.07, 6.45) is -0.392. The van der Waals surface area contributed by atoms with Gasteiger partial charge in [0.15, 0.2) is 0 Å². The van der Waals surface area contributed by atoms with E-state index in [9.17, 15) is 15.2 Å². The first-order valence-corrected chi connectivity index (χ1v) is 5.75. The standard InChI is InChI=1S/C12H19N3O3/c1-9(16)7-14(3)8-10-4-5-12(15(17)18)11(6-10)13-2/h4-6,9,13,16H,7-8H2,1-3H3. The van der Waals surface area contributed by atoms with Crippen LogP contribution in [0.2, 0.25) is 0 Å². The Morgan fingerprint density at radius 2 is 2.22 bits per heavy atom. The van der Waals surface area contributed by atoms with Gasteiger partial charge in [-0.15, -0.1) is 0 Å². The van der Waals surface area contributed by atoms with E-state index in [0.717, 1.165) is 5.56 Å². The van der Waals surface area contributed by atoms with Gasteiger partial charge in [0.2, 0.25) is 0 Å². The van der Waals surface area contributed by atoms with Crippen LogP contribution in [-0.4, -0.2) is 41.7 Å². The fourth-order valence-corrected chi connectivity index (χ4v) is 1.87. The molecule has 1 aromatic carbocycles. The minimum Gasteiger partial charge on any atom is -0.392 e. The predicted molar refractivity (Wildman–Crippen MR) is 70.7 cm³/mol. The zero-order valence-corrected chi connectivity index (χ0v) is 10.9. The van der Waals surface area contributed by atoms with E-state index in [1.54, 1.807) is 26.1 Å². The number of hydrogen-bond acceptors (Lipinski definition) is 5. The van der Waals surface area contributed by atoms with Gasteiger partial charge in [-0.25, -0.2) is 0 Å². The van der Waals surface area contributed by atoms with Gasteiger partial charge in [-0.05, 0) is 25.6 Å². The molecule has 1 aromatic rings. The van der Waals surface area contributed by atoms with Crippen molar-refractivity contribution in [2.45, 2.75) is 19.6 Å². The van der Waals surface area contributed by atoms with E-state index >= 15 is 0 Å². The summed E-state index contributed by atoms with van der Waals surface area (Å²) in [5.41, 5.74) is 1.54. The average Bonchev–Trinajstić information content (AvgIpc) is 2.27. The minimum atomic E-state index is -0.408. The molecule has 0 fully saturated rings. The maximum Gasteiger partial charge on any atom is 0.292 e. The van der Waals surface area contributed by atoms with Crippen molar-refractivity contribution in [3.8, 4) is 0 Å². The Bertz CT molecular complexity index is 421. The number of nitro benzene ring substituents is 1. The van der Waals surface area contributed by atoms with E-state index in [-0.39, 0.29) is 5.69 Å². The fraction of sp³-hybridized carbons (Fsp3) is 0.500. The lowest BCUT2D eigenvalue weighted by Crippen LogP contribution is -2.26. The molecule has 0 amide bonds. The van der Waals surface area contributed by atoms with E-state index in [4.69, 9.17) is 0 Å². The topological polar surface area (TPSA) is 78.6 Å². The molecule has 0 spiro atoms. The molecular formula is C12H19N3O3. The van der Waals surface area contributed by atoms with Crippen molar-refractivity contribution in [3.05, 3.63) is 33.9 Å². The van der Waals surface area contributed by atoms with Gasteiger partial charge in [-0.3, -0.25) is 15.0 Å². The van der Waals surface area contributed by atoms with Gasteiger partial charge in [0.05, 0.1) is 11.0 Å². The van der Waals surface area contributed by atoms with Crippen LogP contribution in [0, 0.1) is 10.1 Å². The Kier molecular flexibility index (Phi) is 5.06. The lowest BCUT2D eigenvalue weighted by atomic mass is 10.1. The van der Waals surface area contributed by atoms with Crippen LogP contribution in [-0.2, 0) is 6.54 Å². The summed E-state index contributed by atoms with van der Waals surface area (Å²) in [4.78, 5) is 12.3. The molecule has 6 nitrogen and oxygen atoms in total. The highest BCUT2D eigenvalue weighted by molar-refractivity contribution is 5.62. The average molecular weight is 253 g/mol. The summed E-state index contributed by atoms with van der Waals surface area (Å²) in [5.74, 6) is 0. The number of benzene rings is 1. The summed E-state index contributed by atoms with van der Waals surface area (Å²) in [6, 6.07) is 4.99. The van der Waals surface area contributed by atoms with Gasteiger partial charge in [0, 0.05) is 26.2 Å². The number of hydrogen-bond donors (Lipinski definition) is 2. The van der Waals surface area contributed by atoms with Crippen LogP contribution in [0.3, 0.4) is 0 Å². The van der Waals surface area contributed by atoms with Crippen LogP contribution in [0.5, 0.6) is 0 Å². The molecule has 1 atom stereocenters. The maximum absolute atomic E-state index is 10.8. The fourth-order valence-electron chi connectivity index (χ4n) is 1.87. The van der Waals surface area contributed by atoms with Crippen molar-refractivity contribution >= 4 is 11.4 Å². The second-order valence-corrected chi connectivity index (χ2v) is 4.40. The van der Waals surface area contributed by atoms with Gasteiger partial charge in [0.1, 0.15) is 5.69 Å². The summed E-state index contributed by atoms with van der Waals surface area (Å²) >= 11 is 0. The van der Waals surface area contributed by atoms with Crippen LogP contribution in [0.1, 0.15) is 12.5 Å². The van der Waals surface area contributed by atoms with Crippen LogP contribution in [0.4, 0.5) is 11.4 Å². The molecule has 0 saturated carbocycles. The van der Waals surface area contributed by atoms with Crippen molar-refractivity contribution in [2.24, 2.45) is 0 Å². The van der Waals surface area contributed by atoms with Gasteiger partial charge >= 0.3 is 0 Å². The van der Waals surface area contributed by atoms with Crippen molar-refractivity contribution in [2.75, 3.05) is 26.0 Å². The van der Waals surface area contributed by atoms with E-state index in [1.807, 2.05) is 11.9 Å². The monoisotopic (exact) mass is 253 g/mol. The number of anilines is 1. The lowest BCUT2D eigenvalue weighted by molar-refractivity contribution is -0.384. The Morgan fingerprint density at radius 3 is 2.72 bits per heavy atom. The highest BCUT2D eigenvalue weighted by Crippen LogP contribution is 2.25. The molecule has 18 heavy (non-hydrogen) atoms.